The van der Waals surface area contributed by atoms with Crippen LogP contribution in [-0.4, -0.2) is 41.1 Å². The van der Waals surface area contributed by atoms with E-state index >= 15 is 0 Å². The molecule has 1 aliphatic heterocycles. The van der Waals surface area contributed by atoms with Crippen LogP contribution in [0.1, 0.15) is 50.4 Å². The topological polar surface area (TPSA) is 66.8 Å². The molecular formula is C19H25NO4. The van der Waals surface area contributed by atoms with Crippen LogP contribution in [0.4, 0.5) is 0 Å². The normalized spacial score (nSPS) is 27.8. The van der Waals surface area contributed by atoms with E-state index in [1.54, 1.807) is 12.1 Å². The van der Waals surface area contributed by atoms with Crippen molar-refractivity contribution in [2.45, 2.75) is 46.1 Å². The van der Waals surface area contributed by atoms with Crippen molar-refractivity contribution < 1.29 is 19.4 Å². The van der Waals surface area contributed by atoms with Crippen molar-refractivity contribution in [3.05, 3.63) is 29.8 Å². The highest BCUT2D eigenvalue weighted by Gasteiger charge is 2.50. The SMILES string of the molecule is CC1(C)CC2CC(C)(CN2C(=O)COC(=O)c2ccccc2O)C1. The Morgan fingerprint density at radius 3 is 2.67 bits per heavy atom. The van der Waals surface area contributed by atoms with Gasteiger partial charge in [0.15, 0.2) is 6.61 Å². The number of para-hydroxylation sites is 1. The van der Waals surface area contributed by atoms with Gasteiger partial charge in [0.1, 0.15) is 11.3 Å². The van der Waals surface area contributed by atoms with Gasteiger partial charge in [-0.05, 0) is 42.2 Å². The third-order valence-electron chi connectivity index (χ3n) is 5.19. The van der Waals surface area contributed by atoms with Crippen LogP contribution in [0.5, 0.6) is 5.75 Å². The van der Waals surface area contributed by atoms with Gasteiger partial charge in [-0.1, -0.05) is 32.9 Å². The lowest BCUT2D eigenvalue weighted by molar-refractivity contribution is -0.135. The number of carbonyl (C=O) groups is 2. The fraction of sp³-hybridized carbons (Fsp3) is 0.579. The minimum absolute atomic E-state index is 0.0820. The average Bonchev–Trinajstić information content (AvgIpc) is 2.74. The highest BCUT2D eigenvalue weighted by Crippen LogP contribution is 2.52. The van der Waals surface area contributed by atoms with Gasteiger partial charge in [0.25, 0.3) is 5.91 Å². The maximum absolute atomic E-state index is 12.5. The molecule has 5 heteroatoms. The molecule has 1 aromatic rings. The number of hydrogen-bond donors (Lipinski definition) is 1. The molecule has 5 nitrogen and oxygen atoms in total. The van der Waals surface area contributed by atoms with Crippen LogP contribution in [0.15, 0.2) is 24.3 Å². The molecule has 0 aromatic heterocycles. The van der Waals surface area contributed by atoms with Crippen LogP contribution in [0, 0.1) is 10.8 Å². The third kappa shape index (κ3) is 3.25. The summed E-state index contributed by atoms with van der Waals surface area (Å²) in [6, 6.07) is 6.41. The van der Waals surface area contributed by atoms with Crippen LogP contribution in [0.2, 0.25) is 0 Å². The molecule has 1 aliphatic carbocycles. The maximum atomic E-state index is 12.5. The van der Waals surface area contributed by atoms with Gasteiger partial charge in [-0.3, -0.25) is 4.79 Å². The predicted octanol–water partition coefficient (Wildman–Crippen LogP) is 2.98. The molecule has 1 aromatic carbocycles. The van der Waals surface area contributed by atoms with Gasteiger partial charge in [-0.2, -0.15) is 0 Å². The van der Waals surface area contributed by atoms with Gasteiger partial charge in [0.2, 0.25) is 0 Å². The number of nitrogens with zero attached hydrogens (tertiary/aromatic N) is 1. The highest BCUT2D eigenvalue weighted by atomic mass is 16.5. The van der Waals surface area contributed by atoms with Gasteiger partial charge in [0, 0.05) is 12.6 Å². The fourth-order valence-electron chi connectivity index (χ4n) is 4.69. The first-order chi connectivity index (χ1) is 11.2. The second kappa shape index (κ2) is 5.80. The molecule has 2 fully saturated rings. The predicted molar refractivity (Wildman–Crippen MR) is 89.6 cm³/mol. The fourth-order valence-corrected chi connectivity index (χ4v) is 4.69. The van der Waals surface area contributed by atoms with Crippen molar-refractivity contribution >= 4 is 11.9 Å². The van der Waals surface area contributed by atoms with E-state index in [9.17, 15) is 14.7 Å². The van der Waals surface area contributed by atoms with Crippen LogP contribution >= 0.6 is 0 Å². The number of rotatable bonds is 3. The Balaban J connectivity index is 1.62. The summed E-state index contributed by atoms with van der Waals surface area (Å²) in [4.78, 5) is 26.5. The standard InChI is InChI=1S/C19H25NO4/c1-18(2)8-13-9-19(3,11-18)12-20(13)16(22)10-24-17(23)14-6-4-5-7-15(14)21/h4-7,13,21H,8-12H2,1-3H3. The number of phenolic OH excluding ortho intramolecular Hbond substituents is 1. The van der Waals surface area contributed by atoms with E-state index in [-0.39, 0.29) is 40.7 Å². The summed E-state index contributed by atoms with van der Waals surface area (Å²) >= 11 is 0. The van der Waals surface area contributed by atoms with E-state index in [0.29, 0.717) is 0 Å². The zero-order valence-corrected chi connectivity index (χ0v) is 14.5. The van der Waals surface area contributed by atoms with Crippen LogP contribution in [-0.2, 0) is 9.53 Å². The number of ether oxygens (including phenoxy) is 1. The number of fused-ring (bicyclic) bond motifs is 2. The van der Waals surface area contributed by atoms with E-state index < -0.39 is 5.97 Å². The van der Waals surface area contributed by atoms with Gasteiger partial charge in [-0.25, -0.2) is 4.79 Å². The summed E-state index contributed by atoms with van der Waals surface area (Å²) < 4.78 is 5.13. The van der Waals surface area contributed by atoms with E-state index in [0.717, 1.165) is 25.8 Å². The molecule has 1 saturated heterocycles. The molecule has 130 valence electrons. The molecule has 3 rings (SSSR count). The average molecular weight is 331 g/mol. The summed E-state index contributed by atoms with van der Waals surface area (Å²) in [5, 5.41) is 9.68. The first-order valence-corrected chi connectivity index (χ1v) is 8.44. The van der Waals surface area contributed by atoms with E-state index in [1.807, 2.05) is 4.90 Å². The molecule has 1 saturated carbocycles. The Morgan fingerprint density at radius 1 is 1.25 bits per heavy atom. The van der Waals surface area contributed by atoms with Gasteiger partial charge >= 0.3 is 5.97 Å². The molecule has 1 N–H and O–H groups in total. The maximum Gasteiger partial charge on any atom is 0.342 e. The molecule has 0 spiro atoms. The Labute approximate surface area is 142 Å². The lowest BCUT2D eigenvalue weighted by Crippen LogP contribution is -2.39. The van der Waals surface area contributed by atoms with Gasteiger partial charge in [0.05, 0.1) is 0 Å². The van der Waals surface area contributed by atoms with Crippen molar-refractivity contribution in [3.63, 3.8) is 0 Å². The van der Waals surface area contributed by atoms with Crippen LogP contribution in [0.3, 0.4) is 0 Å². The summed E-state index contributed by atoms with van der Waals surface area (Å²) in [5.74, 6) is -0.957. The second-order valence-corrected chi connectivity index (χ2v) is 8.33. The van der Waals surface area contributed by atoms with Gasteiger partial charge in [-0.15, -0.1) is 0 Å². The van der Waals surface area contributed by atoms with Gasteiger partial charge < -0.3 is 14.7 Å². The number of amides is 1. The number of phenols is 1. The van der Waals surface area contributed by atoms with Crippen LogP contribution < -0.4 is 0 Å². The lowest BCUT2D eigenvalue weighted by atomic mass is 9.65. The molecule has 1 heterocycles. The zero-order valence-electron chi connectivity index (χ0n) is 14.5. The first-order valence-electron chi connectivity index (χ1n) is 8.44. The summed E-state index contributed by atoms with van der Waals surface area (Å²) in [6.07, 6.45) is 3.12. The summed E-state index contributed by atoms with van der Waals surface area (Å²) in [5.41, 5.74) is 0.474. The van der Waals surface area contributed by atoms with Crippen LogP contribution in [0.25, 0.3) is 0 Å². The largest absolute Gasteiger partial charge is 0.507 e. The second-order valence-electron chi connectivity index (χ2n) is 8.33. The monoisotopic (exact) mass is 331 g/mol. The smallest absolute Gasteiger partial charge is 0.342 e. The summed E-state index contributed by atoms with van der Waals surface area (Å²) in [7, 11) is 0. The quantitative estimate of drug-likeness (QED) is 0.865. The Morgan fingerprint density at radius 2 is 1.96 bits per heavy atom. The molecule has 2 unspecified atom stereocenters. The minimum Gasteiger partial charge on any atom is -0.507 e. The molecule has 2 atom stereocenters. The number of carbonyl (C=O) groups excluding carboxylic acids is 2. The number of hydrogen-bond acceptors (Lipinski definition) is 4. The molecule has 24 heavy (non-hydrogen) atoms. The van der Waals surface area contributed by atoms with E-state index in [2.05, 4.69) is 20.8 Å². The van der Waals surface area contributed by atoms with Crippen molar-refractivity contribution in [1.82, 2.24) is 4.90 Å². The molecule has 0 radical (unpaired) electrons. The number of aromatic hydroxyl groups is 1. The molecule has 2 aliphatic rings. The Kier molecular flexibility index (Phi) is 4.06. The first kappa shape index (κ1) is 16.8. The van der Waals surface area contributed by atoms with Crippen molar-refractivity contribution in [2.75, 3.05) is 13.2 Å². The molecule has 1 amide bonds. The zero-order chi connectivity index (χ0) is 17.5. The highest BCUT2D eigenvalue weighted by molar-refractivity contribution is 5.93. The van der Waals surface area contributed by atoms with E-state index in [4.69, 9.17) is 4.74 Å². The summed E-state index contributed by atoms with van der Waals surface area (Å²) in [6.45, 7) is 7.20. The number of benzene rings is 1. The van der Waals surface area contributed by atoms with Crippen molar-refractivity contribution in [1.29, 1.82) is 0 Å². The third-order valence-corrected chi connectivity index (χ3v) is 5.19. The van der Waals surface area contributed by atoms with Crippen molar-refractivity contribution in [3.8, 4) is 5.75 Å². The number of likely N-dealkylation sites (tertiary alicyclic amines) is 1. The molecular weight excluding hydrogens is 306 g/mol. The number of esters is 1. The Hall–Kier alpha value is -2.04. The Bertz CT molecular complexity index is 669. The lowest BCUT2D eigenvalue weighted by Gasteiger charge is -2.39. The minimum atomic E-state index is -0.671. The van der Waals surface area contributed by atoms with E-state index in [1.165, 1.54) is 12.1 Å². The molecule has 2 bridgehead atoms. The van der Waals surface area contributed by atoms with Crippen molar-refractivity contribution in [2.24, 2.45) is 10.8 Å².